The Hall–Kier alpha value is -1.90. The second-order valence-electron chi connectivity index (χ2n) is 5.81. The van der Waals surface area contributed by atoms with Crippen LogP contribution in [0.5, 0.6) is 0 Å². The second kappa shape index (κ2) is 3.80. The summed E-state index contributed by atoms with van der Waals surface area (Å²) < 4.78 is 0. The molecule has 0 unspecified atom stereocenters. The zero-order chi connectivity index (χ0) is 13.0. The molecule has 2 aliphatic carbocycles. The standard InChI is InChI=1S/C16H15NO2/c18-15-13-3-1-2-4-14(13)16(19)17(15)9-12-8-10-5-6-11(12)7-10/h1-6,10-12H,7-9H2/t10-,11-,12-/m0/s1. The molecule has 3 nitrogen and oxygen atoms in total. The van der Waals surface area contributed by atoms with Crippen LogP contribution in [0.25, 0.3) is 0 Å². The summed E-state index contributed by atoms with van der Waals surface area (Å²) in [6.45, 7) is 0.581. The molecule has 2 bridgehead atoms. The first-order valence-corrected chi connectivity index (χ1v) is 6.87. The maximum atomic E-state index is 12.3. The van der Waals surface area contributed by atoms with E-state index in [1.165, 1.54) is 11.3 Å². The average molecular weight is 253 g/mol. The zero-order valence-corrected chi connectivity index (χ0v) is 10.6. The van der Waals surface area contributed by atoms with Gasteiger partial charge < -0.3 is 0 Å². The third kappa shape index (κ3) is 1.51. The Balaban J connectivity index is 1.59. The Kier molecular flexibility index (Phi) is 2.19. The summed E-state index contributed by atoms with van der Waals surface area (Å²) in [5.74, 6) is 1.46. The van der Waals surface area contributed by atoms with Gasteiger partial charge in [0.05, 0.1) is 11.1 Å². The third-order valence-corrected chi connectivity index (χ3v) is 4.71. The fourth-order valence-electron chi connectivity index (χ4n) is 3.74. The van der Waals surface area contributed by atoms with Crippen LogP contribution in [0.15, 0.2) is 36.4 Å². The molecular weight excluding hydrogens is 238 g/mol. The van der Waals surface area contributed by atoms with E-state index in [1.807, 2.05) is 12.1 Å². The van der Waals surface area contributed by atoms with E-state index in [1.54, 1.807) is 12.1 Å². The topological polar surface area (TPSA) is 37.4 Å². The van der Waals surface area contributed by atoms with Crippen LogP contribution in [-0.4, -0.2) is 23.3 Å². The molecule has 0 spiro atoms. The molecule has 0 N–H and O–H groups in total. The first-order valence-electron chi connectivity index (χ1n) is 6.87. The van der Waals surface area contributed by atoms with Crippen LogP contribution in [-0.2, 0) is 0 Å². The Morgan fingerprint density at radius 1 is 1.00 bits per heavy atom. The van der Waals surface area contributed by atoms with Gasteiger partial charge in [0, 0.05) is 6.54 Å². The van der Waals surface area contributed by atoms with E-state index >= 15 is 0 Å². The van der Waals surface area contributed by atoms with Gasteiger partial charge in [-0.25, -0.2) is 0 Å². The number of benzene rings is 1. The lowest BCUT2D eigenvalue weighted by molar-refractivity contribution is 0.0621. The molecule has 1 aromatic rings. The van der Waals surface area contributed by atoms with Gasteiger partial charge >= 0.3 is 0 Å². The quantitative estimate of drug-likeness (QED) is 0.600. The highest BCUT2D eigenvalue weighted by molar-refractivity contribution is 6.21. The molecular formula is C16H15NO2. The first-order chi connectivity index (χ1) is 9.24. The van der Waals surface area contributed by atoms with Gasteiger partial charge in [-0.15, -0.1) is 0 Å². The Morgan fingerprint density at radius 2 is 1.68 bits per heavy atom. The maximum absolute atomic E-state index is 12.3. The van der Waals surface area contributed by atoms with Gasteiger partial charge in [-0.3, -0.25) is 14.5 Å². The number of carbonyl (C=O) groups excluding carboxylic acids is 2. The van der Waals surface area contributed by atoms with Crippen molar-refractivity contribution in [3.63, 3.8) is 0 Å². The molecule has 1 fully saturated rings. The van der Waals surface area contributed by atoms with Gasteiger partial charge in [-0.1, -0.05) is 24.3 Å². The highest BCUT2D eigenvalue weighted by Crippen LogP contribution is 2.44. The summed E-state index contributed by atoms with van der Waals surface area (Å²) in [4.78, 5) is 26.0. The summed E-state index contributed by atoms with van der Waals surface area (Å²) in [5, 5.41) is 0. The largest absolute Gasteiger partial charge is 0.274 e. The molecule has 96 valence electrons. The van der Waals surface area contributed by atoms with Crippen LogP contribution in [0.2, 0.25) is 0 Å². The number of imide groups is 1. The van der Waals surface area contributed by atoms with Crippen molar-refractivity contribution in [3.05, 3.63) is 47.5 Å². The van der Waals surface area contributed by atoms with Crippen molar-refractivity contribution in [1.29, 1.82) is 0 Å². The Labute approximate surface area is 111 Å². The number of hydrogen-bond acceptors (Lipinski definition) is 2. The summed E-state index contributed by atoms with van der Waals surface area (Å²) in [7, 11) is 0. The fraction of sp³-hybridized carbons (Fsp3) is 0.375. The lowest BCUT2D eigenvalue weighted by atomic mass is 9.93. The summed E-state index contributed by atoms with van der Waals surface area (Å²) in [5.41, 5.74) is 1.12. The Bertz CT molecular complexity index is 570. The summed E-state index contributed by atoms with van der Waals surface area (Å²) in [6, 6.07) is 7.12. The van der Waals surface area contributed by atoms with Gasteiger partial charge in [0.25, 0.3) is 11.8 Å². The van der Waals surface area contributed by atoms with E-state index in [0.29, 0.717) is 35.4 Å². The molecule has 1 aromatic carbocycles. The van der Waals surface area contributed by atoms with Gasteiger partial charge in [0.15, 0.2) is 0 Å². The van der Waals surface area contributed by atoms with E-state index in [2.05, 4.69) is 12.2 Å². The van der Waals surface area contributed by atoms with Crippen LogP contribution in [0.1, 0.15) is 33.6 Å². The number of allylic oxidation sites excluding steroid dienone is 2. The van der Waals surface area contributed by atoms with Gasteiger partial charge in [0.2, 0.25) is 0 Å². The minimum absolute atomic E-state index is 0.118. The number of carbonyl (C=O) groups is 2. The summed E-state index contributed by atoms with van der Waals surface area (Å²) >= 11 is 0. The summed E-state index contributed by atoms with van der Waals surface area (Å²) in [6.07, 6.45) is 6.86. The maximum Gasteiger partial charge on any atom is 0.261 e. The van der Waals surface area contributed by atoms with Crippen LogP contribution in [0.3, 0.4) is 0 Å². The van der Waals surface area contributed by atoms with Crippen molar-refractivity contribution in [2.45, 2.75) is 12.8 Å². The third-order valence-electron chi connectivity index (χ3n) is 4.71. The molecule has 3 heteroatoms. The van der Waals surface area contributed by atoms with E-state index in [9.17, 15) is 9.59 Å². The van der Waals surface area contributed by atoms with Crippen molar-refractivity contribution >= 4 is 11.8 Å². The molecule has 2 amide bonds. The molecule has 0 saturated heterocycles. The molecule has 3 atom stereocenters. The molecule has 0 radical (unpaired) electrons. The lowest BCUT2D eigenvalue weighted by Gasteiger charge is -2.23. The number of amides is 2. The minimum Gasteiger partial charge on any atom is -0.274 e. The zero-order valence-electron chi connectivity index (χ0n) is 10.6. The highest BCUT2D eigenvalue weighted by Gasteiger charge is 2.41. The van der Waals surface area contributed by atoms with Crippen LogP contribution in [0.4, 0.5) is 0 Å². The van der Waals surface area contributed by atoms with Crippen molar-refractivity contribution in [2.75, 3.05) is 6.54 Å². The van der Waals surface area contributed by atoms with Crippen LogP contribution in [0, 0.1) is 17.8 Å². The molecule has 1 heterocycles. The molecule has 1 aliphatic heterocycles. The smallest absolute Gasteiger partial charge is 0.261 e. The van der Waals surface area contributed by atoms with E-state index < -0.39 is 0 Å². The molecule has 4 rings (SSSR count). The van der Waals surface area contributed by atoms with Crippen molar-refractivity contribution in [1.82, 2.24) is 4.90 Å². The molecule has 3 aliphatic rings. The van der Waals surface area contributed by atoms with Gasteiger partial charge in [-0.05, 0) is 42.7 Å². The normalized spacial score (nSPS) is 31.4. The minimum atomic E-state index is -0.118. The number of hydrogen-bond donors (Lipinski definition) is 0. The first kappa shape index (κ1) is 11.0. The van der Waals surface area contributed by atoms with Crippen molar-refractivity contribution in [3.8, 4) is 0 Å². The number of rotatable bonds is 2. The van der Waals surface area contributed by atoms with Crippen LogP contribution < -0.4 is 0 Å². The predicted molar refractivity (Wildman–Crippen MR) is 70.7 cm³/mol. The van der Waals surface area contributed by atoms with Crippen molar-refractivity contribution in [2.24, 2.45) is 17.8 Å². The molecule has 19 heavy (non-hydrogen) atoms. The van der Waals surface area contributed by atoms with E-state index in [4.69, 9.17) is 0 Å². The highest BCUT2D eigenvalue weighted by atomic mass is 16.2. The fourth-order valence-corrected chi connectivity index (χ4v) is 3.74. The SMILES string of the molecule is O=C1c2ccccc2C(=O)N1C[C@@H]1C[C@H]2C=C[C@H]1C2. The molecule has 1 saturated carbocycles. The molecule has 0 aromatic heterocycles. The van der Waals surface area contributed by atoms with Gasteiger partial charge in [-0.2, -0.15) is 0 Å². The number of nitrogens with zero attached hydrogens (tertiary/aromatic N) is 1. The van der Waals surface area contributed by atoms with Crippen LogP contribution >= 0.6 is 0 Å². The second-order valence-corrected chi connectivity index (χ2v) is 5.81. The van der Waals surface area contributed by atoms with E-state index in [0.717, 1.165) is 6.42 Å². The Morgan fingerprint density at radius 3 is 2.21 bits per heavy atom. The monoisotopic (exact) mass is 253 g/mol. The number of fused-ring (bicyclic) bond motifs is 3. The van der Waals surface area contributed by atoms with Gasteiger partial charge in [0.1, 0.15) is 0 Å². The van der Waals surface area contributed by atoms with Crippen molar-refractivity contribution < 1.29 is 9.59 Å². The lowest BCUT2D eigenvalue weighted by Crippen LogP contribution is -2.35. The van der Waals surface area contributed by atoms with E-state index in [-0.39, 0.29) is 11.8 Å². The average Bonchev–Trinajstić information content (AvgIpc) is 3.10. The predicted octanol–water partition coefficient (Wildman–Crippen LogP) is 2.49.